The van der Waals surface area contributed by atoms with Crippen LogP contribution in [-0.4, -0.2) is 67.0 Å². The van der Waals surface area contributed by atoms with Gasteiger partial charge in [-0.15, -0.1) is 11.3 Å². The van der Waals surface area contributed by atoms with Crippen LogP contribution < -0.4 is 5.73 Å². The summed E-state index contributed by atoms with van der Waals surface area (Å²) >= 11 is 1.29. The van der Waals surface area contributed by atoms with Gasteiger partial charge in [-0.3, -0.25) is 14.5 Å². The number of hydrogen-bond acceptors (Lipinski definition) is 5. The molecule has 1 aromatic rings. The molecule has 2 aliphatic rings. The highest BCUT2D eigenvalue weighted by atomic mass is 32.1. The summed E-state index contributed by atoms with van der Waals surface area (Å²) in [6.07, 6.45) is 1.06. The Hall–Kier alpha value is -1.44. The maximum atomic E-state index is 12.7. The fourth-order valence-electron chi connectivity index (χ4n) is 3.48. The van der Waals surface area contributed by atoms with Gasteiger partial charge in [0.2, 0.25) is 5.91 Å². The molecule has 3 rings (SSSR count). The third kappa shape index (κ3) is 3.41. The average molecular weight is 337 g/mol. The Kier molecular flexibility index (Phi) is 4.99. The molecule has 0 spiro atoms. The monoisotopic (exact) mass is 337 g/mol. The van der Waals surface area contributed by atoms with E-state index in [-0.39, 0.29) is 5.91 Å². The number of thiophene rings is 1. The van der Waals surface area contributed by atoms with E-state index < -0.39 is 5.91 Å². The summed E-state index contributed by atoms with van der Waals surface area (Å²) in [6.45, 7) is 7.13. The first-order valence-electron chi connectivity index (χ1n) is 8.09. The lowest BCUT2D eigenvalue weighted by molar-refractivity contribution is 0.0103. The summed E-state index contributed by atoms with van der Waals surface area (Å²) in [4.78, 5) is 28.9. The van der Waals surface area contributed by atoms with Crippen molar-refractivity contribution in [3.8, 4) is 0 Å². The molecule has 7 heteroatoms. The number of primary amides is 1. The van der Waals surface area contributed by atoms with Crippen LogP contribution in [0.5, 0.6) is 0 Å². The first-order chi connectivity index (χ1) is 11.1. The summed E-state index contributed by atoms with van der Waals surface area (Å²) in [5.41, 5.74) is 5.68. The van der Waals surface area contributed by atoms with Gasteiger partial charge in [-0.05, 0) is 12.0 Å². The lowest BCUT2D eigenvalue weighted by atomic mass is 9.99. The molecule has 0 radical (unpaired) electrons. The first-order valence-corrected chi connectivity index (χ1v) is 8.97. The molecule has 0 unspecified atom stereocenters. The van der Waals surface area contributed by atoms with Crippen LogP contribution in [0, 0.1) is 5.92 Å². The van der Waals surface area contributed by atoms with E-state index in [9.17, 15) is 9.59 Å². The van der Waals surface area contributed by atoms with Crippen molar-refractivity contribution < 1.29 is 14.3 Å². The number of carbonyl (C=O) groups is 2. The molecule has 2 N–H and O–H groups in total. The lowest BCUT2D eigenvalue weighted by Gasteiger charge is -2.34. The molecule has 6 nitrogen and oxygen atoms in total. The molecule has 0 saturated carbocycles. The third-order valence-electron chi connectivity index (χ3n) is 4.83. The quantitative estimate of drug-likeness (QED) is 0.890. The maximum absolute atomic E-state index is 12.7. The van der Waals surface area contributed by atoms with Crippen molar-refractivity contribution in [1.82, 2.24) is 9.80 Å². The van der Waals surface area contributed by atoms with Crippen LogP contribution in [-0.2, 0) is 4.74 Å². The van der Waals surface area contributed by atoms with Crippen LogP contribution in [0.2, 0.25) is 0 Å². The average Bonchev–Trinajstić information content (AvgIpc) is 3.22. The number of ether oxygens (including phenoxy) is 1. The van der Waals surface area contributed by atoms with Crippen molar-refractivity contribution >= 4 is 23.2 Å². The summed E-state index contributed by atoms with van der Waals surface area (Å²) in [5, 5.41) is 1.66. The van der Waals surface area contributed by atoms with Crippen LogP contribution in [0.25, 0.3) is 0 Å². The molecule has 2 aliphatic heterocycles. The van der Waals surface area contributed by atoms with Gasteiger partial charge in [0.15, 0.2) is 0 Å². The van der Waals surface area contributed by atoms with Crippen molar-refractivity contribution in [3.63, 3.8) is 0 Å². The van der Waals surface area contributed by atoms with E-state index in [2.05, 4.69) is 11.8 Å². The van der Waals surface area contributed by atoms with Gasteiger partial charge >= 0.3 is 0 Å². The predicted molar refractivity (Wildman–Crippen MR) is 88.7 cm³/mol. The van der Waals surface area contributed by atoms with Crippen LogP contribution in [0.1, 0.15) is 33.4 Å². The van der Waals surface area contributed by atoms with E-state index in [4.69, 9.17) is 10.5 Å². The summed E-state index contributed by atoms with van der Waals surface area (Å²) in [5.74, 6) is 0.0173. The smallest absolute Gasteiger partial charge is 0.264 e. The molecule has 1 aromatic heterocycles. The maximum Gasteiger partial charge on any atom is 0.264 e. The first kappa shape index (κ1) is 16.4. The summed E-state index contributed by atoms with van der Waals surface area (Å²) in [6, 6.07) is 2.02. The molecule has 2 amide bonds. The largest absolute Gasteiger partial charge is 0.379 e. The second kappa shape index (κ2) is 6.98. The molecule has 3 heterocycles. The van der Waals surface area contributed by atoms with E-state index in [1.807, 2.05) is 4.90 Å². The van der Waals surface area contributed by atoms with Gasteiger partial charge in [-0.1, -0.05) is 13.3 Å². The number of hydrogen-bond donors (Lipinski definition) is 1. The number of morpholine rings is 1. The Morgan fingerprint density at radius 3 is 2.70 bits per heavy atom. The SMILES string of the molecule is CC[C@H]1CN(C(=O)c2cc(C(N)=O)cs2)C[C@H]1N1CCOCC1. The normalized spacial score (nSPS) is 25.7. The summed E-state index contributed by atoms with van der Waals surface area (Å²) in [7, 11) is 0. The molecule has 2 atom stereocenters. The molecule has 0 aromatic carbocycles. The Morgan fingerprint density at radius 1 is 1.35 bits per heavy atom. The predicted octanol–water partition coefficient (Wildman–Crippen LogP) is 1.03. The minimum absolute atomic E-state index is 0.0108. The van der Waals surface area contributed by atoms with Crippen LogP contribution in [0.3, 0.4) is 0 Å². The zero-order chi connectivity index (χ0) is 16.4. The molecule has 0 bridgehead atoms. The van der Waals surface area contributed by atoms with Crippen LogP contribution in [0.15, 0.2) is 11.4 Å². The Bertz CT molecular complexity index is 583. The highest BCUT2D eigenvalue weighted by Crippen LogP contribution is 2.28. The van der Waals surface area contributed by atoms with Gasteiger partial charge < -0.3 is 15.4 Å². The molecular weight excluding hydrogens is 314 g/mol. The molecule has 2 saturated heterocycles. The van der Waals surface area contributed by atoms with Gasteiger partial charge in [0.1, 0.15) is 0 Å². The highest BCUT2D eigenvalue weighted by molar-refractivity contribution is 7.12. The fraction of sp³-hybridized carbons (Fsp3) is 0.625. The number of likely N-dealkylation sites (tertiary alicyclic amines) is 1. The number of carbonyl (C=O) groups excluding carboxylic acids is 2. The van der Waals surface area contributed by atoms with Crippen molar-refractivity contribution in [2.45, 2.75) is 19.4 Å². The molecule has 2 fully saturated rings. The van der Waals surface area contributed by atoms with E-state index in [1.165, 1.54) is 11.3 Å². The van der Waals surface area contributed by atoms with E-state index in [0.717, 1.165) is 45.8 Å². The minimum atomic E-state index is -0.487. The zero-order valence-electron chi connectivity index (χ0n) is 13.4. The Morgan fingerprint density at radius 2 is 2.09 bits per heavy atom. The molecule has 0 aliphatic carbocycles. The van der Waals surface area contributed by atoms with Gasteiger partial charge in [0.25, 0.3) is 5.91 Å². The molecule has 126 valence electrons. The van der Waals surface area contributed by atoms with E-state index in [0.29, 0.717) is 22.4 Å². The number of nitrogens with two attached hydrogens (primary N) is 1. The van der Waals surface area contributed by atoms with Gasteiger partial charge in [0, 0.05) is 37.6 Å². The standard InChI is InChI=1S/C16H23N3O3S/c1-2-11-8-19(9-13(11)18-3-5-22-6-4-18)16(21)14-7-12(10-23-14)15(17)20/h7,10-11,13H,2-6,8-9H2,1H3,(H2,17,20)/t11-,13+/m0/s1. The third-order valence-corrected chi connectivity index (χ3v) is 5.75. The number of rotatable bonds is 4. The summed E-state index contributed by atoms with van der Waals surface area (Å²) < 4.78 is 5.43. The van der Waals surface area contributed by atoms with Crippen molar-refractivity contribution in [1.29, 1.82) is 0 Å². The van der Waals surface area contributed by atoms with Gasteiger partial charge in [0.05, 0.1) is 23.7 Å². The van der Waals surface area contributed by atoms with Crippen molar-refractivity contribution in [2.24, 2.45) is 11.7 Å². The Balaban J connectivity index is 1.70. The Labute approximate surface area is 140 Å². The number of amides is 2. The second-order valence-corrected chi connectivity index (χ2v) is 7.07. The van der Waals surface area contributed by atoms with E-state index in [1.54, 1.807) is 11.4 Å². The van der Waals surface area contributed by atoms with Crippen molar-refractivity contribution in [2.75, 3.05) is 39.4 Å². The van der Waals surface area contributed by atoms with Crippen LogP contribution in [0.4, 0.5) is 0 Å². The molecule has 23 heavy (non-hydrogen) atoms. The second-order valence-electron chi connectivity index (χ2n) is 6.16. The molecular formula is C16H23N3O3S. The van der Waals surface area contributed by atoms with Crippen molar-refractivity contribution in [3.05, 3.63) is 21.9 Å². The fourth-order valence-corrected chi connectivity index (χ4v) is 4.34. The minimum Gasteiger partial charge on any atom is -0.379 e. The van der Waals surface area contributed by atoms with Crippen LogP contribution >= 0.6 is 11.3 Å². The highest BCUT2D eigenvalue weighted by Gasteiger charge is 2.38. The van der Waals surface area contributed by atoms with E-state index >= 15 is 0 Å². The van der Waals surface area contributed by atoms with Gasteiger partial charge in [-0.25, -0.2) is 0 Å². The lowest BCUT2D eigenvalue weighted by Crippen LogP contribution is -2.47. The number of nitrogens with zero attached hydrogens (tertiary/aromatic N) is 2. The van der Waals surface area contributed by atoms with Gasteiger partial charge in [-0.2, -0.15) is 0 Å². The topological polar surface area (TPSA) is 75.9 Å². The zero-order valence-corrected chi connectivity index (χ0v) is 14.2.